The van der Waals surface area contributed by atoms with Gasteiger partial charge in [0.25, 0.3) is 5.91 Å². The van der Waals surface area contributed by atoms with Crippen molar-refractivity contribution in [1.82, 2.24) is 15.1 Å². The number of hydrogen-bond donors (Lipinski definition) is 1. The zero-order chi connectivity index (χ0) is 20.8. The number of carbonyl (C=O) groups is 2. The standard InChI is InChI=1S/C23H28FN3O2/c1-17-5-3-6-20(13-17)23(29)27-10-4-9-26(11-12-27)16-22(28)25-15-19-8-7-18(2)21(24)14-19/h3,5-8,13-14H,4,9-12,15-16H2,1-2H3,(H,25,28). The van der Waals surface area contributed by atoms with Gasteiger partial charge in [-0.3, -0.25) is 14.5 Å². The van der Waals surface area contributed by atoms with Crippen LogP contribution in [0.25, 0.3) is 0 Å². The Kier molecular flexibility index (Phi) is 6.99. The molecular weight excluding hydrogens is 369 g/mol. The van der Waals surface area contributed by atoms with Gasteiger partial charge in [0.1, 0.15) is 5.82 Å². The molecule has 1 aliphatic heterocycles. The first-order chi connectivity index (χ1) is 13.9. The maximum absolute atomic E-state index is 13.6. The second-order valence-electron chi connectivity index (χ2n) is 7.65. The summed E-state index contributed by atoms with van der Waals surface area (Å²) in [6, 6.07) is 12.6. The van der Waals surface area contributed by atoms with E-state index in [9.17, 15) is 14.0 Å². The van der Waals surface area contributed by atoms with Crippen LogP contribution in [0.5, 0.6) is 0 Å². The Balaban J connectivity index is 1.48. The fraction of sp³-hybridized carbons (Fsp3) is 0.391. The molecule has 1 N–H and O–H groups in total. The number of nitrogens with one attached hydrogen (secondary N) is 1. The van der Waals surface area contributed by atoms with Crippen LogP contribution in [0.2, 0.25) is 0 Å². The van der Waals surface area contributed by atoms with Crippen molar-refractivity contribution in [3.8, 4) is 0 Å². The Morgan fingerprint density at radius 2 is 1.86 bits per heavy atom. The highest BCUT2D eigenvalue weighted by molar-refractivity contribution is 5.94. The van der Waals surface area contributed by atoms with Gasteiger partial charge in [0, 0.05) is 38.3 Å². The molecule has 1 aliphatic rings. The fourth-order valence-electron chi connectivity index (χ4n) is 3.50. The van der Waals surface area contributed by atoms with Crippen molar-refractivity contribution in [2.24, 2.45) is 0 Å². The molecule has 2 aromatic rings. The molecule has 1 fully saturated rings. The van der Waals surface area contributed by atoms with E-state index >= 15 is 0 Å². The first-order valence-electron chi connectivity index (χ1n) is 10.0. The van der Waals surface area contributed by atoms with E-state index in [1.807, 2.05) is 42.2 Å². The average molecular weight is 397 g/mol. The highest BCUT2D eigenvalue weighted by Crippen LogP contribution is 2.12. The monoisotopic (exact) mass is 397 g/mol. The van der Waals surface area contributed by atoms with Gasteiger partial charge in [-0.1, -0.05) is 29.8 Å². The van der Waals surface area contributed by atoms with Gasteiger partial charge >= 0.3 is 0 Å². The van der Waals surface area contributed by atoms with Crippen LogP contribution in [0.3, 0.4) is 0 Å². The minimum atomic E-state index is -0.261. The number of carbonyl (C=O) groups excluding carboxylic acids is 2. The van der Waals surface area contributed by atoms with Gasteiger partial charge in [0.05, 0.1) is 6.54 Å². The summed E-state index contributed by atoms with van der Waals surface area (Å²) in [6.07, 6.45) is 0.827. The number of rotatable bonds is 5. The largest absolute Gasteiger partial charge is 0.351 e. The molecule has 0 bridgehead atoms. The van der Waals surface area contributed by atoms with Crippen LogP contribution in [0.15, 0.2) is 42.5 Å². The third-order valence-corrected chi connectivity index (χ3v) is 5.23. The third-order valence-electron chi connectivity index (χ3n) is 5.23. The van der Waals surface area contributed by atoms with E-state index < -0.39 is 0 Å². The quantitative estimate of drug-likeness (QED) is 0.844. The second-order valence-corrected chi connectivity index (χ2v) is 7.65. The van der Waals surface area contributed by atoms with Gasteiger partial charge in [0.15, 0.2) is 0 Å². The van der Waals surface area contributed by atoms with Crippen LogP contribution in [-0.4, -0.2) is 54.3 Å². The Hall–Kier alpha value is -2.73. The lowest BCUT2D eigenvalue weighted by molar-refractivity contribution is -0.122. The van der Waals surface area contributed by atoms with Gasteiger partial charge in [-0.25, -0.2) is 4.39 Å². The van der Waals surface area contributed by atoms with E-state index in [0.29, 0.717) is 37.3 Å². The minimum absolute atomic E-state index is 0.0430. The molecule has 2 amide bonds. The molecule has 154 valence electrons. The van der Waals surface area contributed by atoms with Crippen molar-refractivity contribution in [3.63, 3.8) is 0 Å². The second kappa shape index (κ2) is 9.65. The topological polar surface area (TPSA) is 52.7 Å². The van der Waals surface area contributed by atoms with Gasteiger partial charge in [-0.2, -0.15) is 0 Å². The highest BCUT2D eigenvalue weighted by atomic mass is 19.1. The van der Waals surface area contributed by atoms with Crippen molar-refractivity contribution < 1.29 is 14.0 Å². The number of amides is 2. The fourth-order valence-corrected chi connectivity index (χ4v) is 3.50. The number of halogens is 1. The molecule has 0 atom stereocenters. The molecule has 3 rings (SSSR count). The number of aryl methyl sites for hydroxylation is 2. The van der Waals surface area contributed by atoms with Gasteiger partial charge < -0.3 is 10.2 Å². The zero-order valence-corrected chi connectivity index (χ0v) is 17.1. The molecule has 2 aromatic carbocycles. The lowest BCUT2D eigenvalue weighted by atomic mass is 10.1. The van der Waals surface area contributed by atoms with E-state index in [4.69, 9.17) is 0 Å². The predicted octanol–water partition coefficient (Wildman–Crippen LogP) is 2.91. The van der Waals surface area contributed by atoms with Crippen molar-refractivity contribution in [2.75, 3.05) is 32.7 Å². The molecule has 0 unspecified atom stereocenters. The van der Waals surface area contributed by atoms with Gasteiger partial charge in [-0.15, -0.1) is 0 Å². The minimum Gasteiger partial charge on any atom is -0.351 e. The first kappa shape index (κ1) is 21.0. The molecule has 1 heterocycles. The van der Waals surface area contributed by atoms with E-state index in [-0.39, 0.29) is 24.2 Å². The summed E-state index contributed by atoms with van der Waals surface area (Å²) in [7, 11) is 0. The Bertz CT molecular complexity index is 884. The maximum Gasteiger partial charge on any atom is 0.253 e. The smallest absolute Gasteiger partial charge is 0.253 e. The SMILES string of the molecule is Cc1cccc(C(=O)N2CCCN(CC(=O)NCc3ccc(C)c(F)c3)CC2)c1. The summed E-state index contributed by atoms with van der Waals surface area (Å²) in [4.78, 5) is 29.0. The summed E-state index contributed by atoms with van der Waals surface area (Å²) in [6.45, 7) is 6.99. The van der Waals surface area contributed by atoms with Crippen LogP contribution in [0, 0.1) is 19.7 Å². The number of benzene rings is 2. The predicted molar refractivity (Wildman–Crippen MR) is 111 cm³/mol. The Morgan fingerprint density at radius 1 is 1.03 bits per heavy atom. The summed E-state index contributed by atoms with van der Waals surface area (Å²) in [5, 5.41) is 2.85. The van der Waals surface area contributed by atoms with Crippen LogP contribution in [0.4, 0.5) is 4.39 Å². The molecule has 1 saturated heterocycles. The molecule has 0 saturated carbocycles. The van der Waals surface area contributed by atoms with Crippen LogP contribution < -0.4 is 5.32 Å². The molecule has 6 heteroatoms. The molecule has 0 aliphatic carbocycles. The highest BCUT2D eigenvalue weighted by Gasteiger charge is 2.21. The van der Waals surface area contributed by atoms with E-state index in [0.717, 1.165) is 24.1 Å². The lowest BCUT2D eigenvalue weighted by Gasteiger charge is -2.22. The van der Waals surface area contributed by atoms with Gasteiger partial charge in [-0.05, 0) is 49.6 Å². The summed E-state index contributed by atoms with van der Waals surface area (Å²) in [5.41, 5.74) is 3.11. The Labute approximate surface area is 171 Å². The first-order valence-corrected chi connectivity index (χ1v) is 10.0. The van der Waals surface area contributed by atoms with Crippen molar-refractivity contribution >= 4 is 11.8 Å². The maximum atomic E-state index is 13.6. The van der Waals surface area contributed by atoms with Crippen LogP contribution >= 0.6 is 0 Å². The van der Waals surface area contributed by atoms with Crippen molar-refractivity contribution in [1.29, 1.82) is 0 Å². The Morgan fingerprint density at radius 3 is 2.62 bits per heavy atom. The molecule has 0 radical (unpaired) electrons. The number of hydrogen-bond acceptors (Lipinski definition) is 3. The summed E-state index contributed by atoms with van der Waals surface area (Å²) >= 11 is 0. The van der Waals surface area contributed by atoms with Crippen LogP contribution in [-0.2, 0) is 11.3 Å². The summed E-state index contributed by atoms with van der Waals surface area (Å²) < 4.78 is 13.6. The van der Waals surface area contributed by atoms with Crippen molar-refractivity contribution in [3.05, 3.63) is 70.5 Å². The van der Waals surface area contributed by atoms with Gasteiger partial charge in [0.2, 0.25) is 5.91 Å². The molecule has 5 nitrogen and oxygen atoms in total. The average Bonchev–Trinajstić information content (AvgIpc) is 2.94. The molecule has 0 aromatic heterocycles. The third kappa shape index (κ3) is 5.87. The summed E-state index contributed by atoms with van der Waals surface area (Å²) in [5.74, 6) is -0.312. The number of nitrogens with zero attached hydrogens (tertiary/aromatic N) is 2. The van der Waals surface area contributed by atoms with Crippen molar-refractivity contribution in [2.45, 2.75) is 26.8 Å². The van der Waals surface area contributed by atoms with Crippen LogP contribution in [0.1, 0.15) is 33.5 Å². The lowest BCUT2D eigenvalue weighted by Crippen LogP contribution is -2.39. The van der Waals surface area contributed by atoms with E-state index in [2.05, 4.69) is 10.2 Å². The zero-order valence-electron chi connectivity index (χ0n) is 17.1. The molecule has 29 heavy (non-hydrogen) atoms. The van der Waals surface area contributed by atoms with E-state index in [1.54, 1.807) is 13.0 Å². The normalized spacial score (nSPS) is 15.1. The van der Waals surface area contributed by atoms with E-state index in [1.165, 1.54) is 6.07 Å². The molecule has 0 spiro atoms. The molecular formula is C23H28FN3O2.